The number of carbonyl (C=O) groups is 4. The summed E-state index contributed by atoms with van der Waals surface area (Å²) in [6.45, 7) is -0.360. The number of ether oxygens (including phenoxy) is 1. The smallest absolute Gasteiger partial charge is 0.315 e. The Morgan fingerprint density at radius 3 is 2.80 bits per heavy atom. The van der Waals surface area contributed by atoms with Crippen LogP contribution in [0.15, 0.2) is 12.7 Å². The van der Waals surface area contributed by atoms with Crippen LogP contribution in [0.4, 0.5) is 10.6 Å². The van der Waals surface area contributed by atoms with Gasteiger partial charge in [0.2, 0.25) is 11.8 Å². The van der Waals surface area contributed by atoms with E-state index in [-0.39, 0.29) is 49.2 Å². The Morgan fingerprint density at radius 2 is 2.02 bits per heavy atom. The number of carboxylic acid groups (broad SMARTS) is 1. The Bertz CT molecular complexity index is 1430. The van der Waals surface area contributed by atoms with E-state index in [4.69, 9.17) is 10.5 Å². The second-order valence-corrected chi connectivity index (χ2v) is 15.2. The van der Waals surface area contributed by atoms with Crippen LogP contribution in [0.25, 0.3) is 11.2 Å². The van der Waals surface area contributed by atoms with E-state index in [1.807, 2.05) is 18.0 Å². The van der Waals surface area contributed by atoms with Gasteiger partial charge in [-0.25, -0.2) is 19.7 Å². The van der Waals surface area contributed by atoms with Crippen LogP contribution in [0.5, 0.6) is 0 Å². The number of aliphatic hydroxyl groups is 2. The summed E-state index contributed by atoms with van der Waals surface area (Å²) in [4.78, 5) is 60.1. The minimum absolute atomic E-state index is 0.0653. The molecule has 19 heteroatoms. The monoisotopic (exact) mass is 681 g/mol. The molecular formula is C27H39N9O8S2. The number of fused-ring (bicyclic) bond motifs is 2. The molecule has 0 saturated carbocycles. The number of hydrogen-bond donors (Lipinski definition) is 7. The Balaban J connectivity index is 0.999. The van der Waals surface area contributed by atoms with E-state index in [1.54, 1.807) is 0 Å². The molecule has 17 nitrogen and oxygen atoms in total. The SMILES string of the molecule is C[S+](CC[C@H](NC(=O)CNC(=O)CCCCC1SC[C@@H]2NC(=O)N[C@H]12)C(=O)[O-])C[C@H]1O[C@@H](n2cnc3c(N)ncnc32)[C@H](O)[C@@H]1O. The van der Waals surface area contributed by atoms with E-state index in [2.05, 4.69) is 36.2 Å². The first-order valence-corrected chi connectivity index (χ1v) is 18.0. The maximum Gasteiger partial charge on any atom is 0.315 e. The number of aromatic nitrogens is 4. The van der Waals surface area contributed by atoms with Crippen LogP contribution < -0.4 is 32.1 Å². The average Bonchev–Trinajstić information content (AvgIpc) is 3.77. The number of aliphatic carboxylic acids is 1. The molecule has 9 atom stereocenters. The van der Waals surface area contributed by atoms with Gasteiger partial charge in [0.05, 0.1) is 43.2 Å². The standard InChI is InChI=1S/C27H39N9O8S2/c1-46(10-15-21(39)22(40)25(44-15)36-12-32-20-23(28)30-11-31-24(20)36)7-6-13(26(41)42)33-18(38)8-29-17(37)5-3-2-4-16-19-14(9-45-16)34-27(43)35-19/h11-16,19,21-22,25,39-40H,2-10H2,1H3,(H6-,28,29,30,31,33,34,35,37,38,41,42,43)/t13-,14-,15+,16?,19-,21+,22+,25+,46?/m0/s1. The molecular weight excluding hydrogens is 642 g/mol. The summed E-state index contributed by atoms with van der Waals surface area (Å²) in [7, 11) is -0.465. The van der Waals surface area contributed by atoms with E-state index >= 15 is 0 Å². The Kier molecular flexibility index (Phi) is 11.1. The van der Waals surface area contributed by atoms with E-state index in [0.29, 0.717) is 34.3 Å². The zero-order valence-corrected chi connectivity index (χ0v) is 26.8. The molecule has 3 fully saturated rings. The predicted molar refractivity (Wildman–Crippen MR) is 167 cm³/mol. The largest absolute Gasteiger partial charge is 0.548 e. The van der Waals surface area contributed by atoms with Crippen molar-refractivity contribution in [1.29, 1.82) is 0 Å². The molecule has 8 N–H and O–H groups in total. The van der Waals surface area contributed by atoms with Crippen molar-refractivity contribution in [1.82, 2.24) is 40.8 Å². The number of nitrogens with one attached hydrogen (secondary N) is 4. The van der Waals surface area contributed by atoms with Crippen molar-refractivity contribution in [3.8, 4) is 0 Å². The third-order valence-corrected chi connectivity index (χ3v) is 11.7. The number of nitrogens with two attached hydrogens (primary N) is 1. The maximum atomic E-state index is 12.4. The number of nitrogen functional groups attached to an aromatic ring is 1. The van der Waals surface area contributed by atoms with E-state index in [0.717, 1.165) is 18.6 Å². The summed E-state index contributed by atoms with van der Waals surface area (Å²) in [5, 5.41) is 44.2. The number of unbranched alkanes of at least 4 members (excludes halogenated alkanes) is 1. The van der Waals surface area contributed by atoms with Gasteiger partial charge in [0.1, 0.15) is 41.7 Å². The van der Waals surface area contributed by atoms with E-state index in [9.17, 15) is 34.5 Å². The molecule has 2 aromatic heterocycles. The number of aliphatic hydroxyl groups excluding tert-OH is 2. The number of carbonyl (C=O) groups excluding carboxylic acids is 4. The number of amides is 4. The summed E-state index contributed by atoms with van der Waals surface area (Å²) in [6.07, 6.45) is 2.94. The van der Waals surface area contributed by atoms with Crippen LogP contribution >= 0.6 is 11.8 Å². The van der Waals surface area contributed by atoms with Crippen LogP contribution in [0, 0.1) is 0 Å². The molecule has 0 bridgehead atoms. The molecule has 0 radical (unpaired) electrons. The normalized spacial score (nSPS) is 28.3. The van der Waals surface area contributed by atoms with Crippen LogP contribution in [0.3, 0.4) is 0 Å². The highest BCUT2D eigenvalue weighted by atomic mass is 32.2. The van der Waals surface area contributed by atoms with Gasteiger partial charge >= 0.3 is 6.03 Å². The molecule has 252 valence electrons. The molecule has 2 aromatic rings. The van der Waals surface area contributed by atoms with Crippen molar-refractivity contribution in [2.75, 3.05) is 35.8 Å². The van der Waals surface area contributed by atoms with Gasteiger partial charge < -0.3 is 51.9 Å². The second-order valence-electron chi connectivity index (χ2n) is 11.7. The summed E-state index contributed by atoms with van der Waals surface area (Å²) < 4.78 is 7.46. The molecule has 0 aliphatic carbocycles. The zero-order valence-electron chi connectivity index (χ0n) is 25.2. The van der Waals surface area contributed by atoms with Crippen molar-refractivity contribution in [3.05, 3.63) is 12.7 Å². The molecule has 0 spiro atoms. The third-order valence-electron chi connectivity index (χ3n) is 8.35. The quantitative estimate of drug-likeness (QED) is 0.0554. The summed E-state index contributed by atoms with van der Waals surface area (Å²) in [5.41, 5.74) is 6.52. The molecule has 46 heavy (non-hydrogen) atoms. The predicted octanol–water partition coefficient (Wildman–Crippen LogP) is -3.26. The first-order valence-electron chi connectivity index (χ1n) is 15.0. The Hall–Kier alpha value is -3.39. The number of imidazole rings is 1. The van der Waals surface area contributed by atoms with Gasteiger partial charge in [0, 0.05) is 23.8 Å². The van der Waals surface area contributed by atoms with Crippen LogP contribution in [-0.2, 0) is 30.0 Å². The Labute approximate surface area is 271 Å². The number of thioether (sulfide) groups is 1. The fourth-order valence-corrected chi connectivity index (χ4v) is 9.06. The minimum Gasteiger partial charge on any atom is -0.548 e. The van der Waals surface area contributed by atoms with Gasteiger partial charge in [-0.3, -0.25) is 14.2 Å². The lowest BCUT2D eigenvalue weighted by molar-refractivity contribution is -0.308. The molecule has 3 aliphatic heterocycles. The molecule has 5 heterocycles. The summed E-state index contributed by atoms with van der Waals surface area (Å²) in [6, 6.07) is -1.14. The fraction of sp³-hybridized carbons (Fsp3) is 0.667. The van der Waals surface area contributed by atoms with Crippen LogP contribution in [0.1, 0.15) is 38.3 Å². The highest BCUT2D eigenvalue weighted by Crippen LogP contribution is 2.34. The minimum atomic E-state index is -1.45. The second kappa shape index (κ2) is 15.0. The number of carboxylic acids is 1. The Morgan fingerprint density at radius 1 is 1.22 bits per heavy atom. The van der Waals surface area contributed by atoms with E-state index < -0.39 is 53.4 Å². The van der Waals surface area contributed by atoms with Gasteiger partial charge in [-0.05, 0) is 23.7 Å². The maximum absolute atomic E-state index is 12.4. The van der Waals surface area contributed by atoms with Crippen molar-refractivity contribution < 1.29 is 39.2 Å². The first kappa shape index (κ1) is 34.0. The number of anilines is 1. The van der Waals surface area contributed by atoms with E-state index in [1.165, 1.54) is 17.2 Å². The number of hydrogen-bond acceptors (Lipinski definition) is 13. The lowest BCUT2D eigenvalue weighted by Crippen LogP contribution is -2.51. The van der Waals surface area contributed by atoms with Crippen molar-refractivity contribution in [2.24, 2.45) is 0 Å². The molecule has 0 aromatic carbocycles. The average molecular weight is 682 g/mol. The van der Waals surface area contributed by atoms with Gasteiger partial charge in [0.15, 0.2) is 17.7 Å². The van der Waals surface area contributed by atoms with Crippen LogP contribution in [-0.4, -0.2) is 125 Å². The van der Waals surface area contributed by atoms with Gasteiger partial charge in [-0.1, -0.05) is 6.42 Å². The number of rotatable bonds is 15. The first-order chi connectivity index (χ1) is 22.0. The van der Waals surface area contributed by atoms with Crippen molar-refractivity contribution >= 4 is 63.5 Å². The van der Waals surface area contributed by atoms with Gasteiger partial charge in [0.25, 0.3) is 0 Å². The number of nitrogens with zero attached hydrogens (tertiary/aromatic N) is 4. The topological polar surface area (TPSA) is 259 Å². The fourth-order valence-electron chi connectivity index (χ4n) is 5.87. The number of urea groups is 1. The molecule has 2 unspecified atom stereocenters. The highest BCUT2D eigenvalue weighted by molar-refractivity contribution is 8.00. The molecule has 5 rings (SSSR count). The lowest BCUT2D eigenvalue weighted by atomic mass is 10.0. The van der Waals surface area contributed by atoms with Crippen molar-refractivity contribution in [2.45, 2.75) is 80.0 Å². The van der Waals surface area contributed by atoms with Gasteiger partial charge in [-0.15, -0.1) is 0 Å². The molecule has 3 aliphatic rings. The van der Waals surface area contributed by atoms with Gasteiger partial charge in [-0.2, -0.15) is 11.8 Å². The summed E-state index contributed by atoms with van der Waals surface area (Å²) >= 11 is 1.81. The lowest BCUT2D eigenvalue weighted by Gasteiger charge is -2.20. The summed E-state index contributed by atoms with van der Waals surface area (Å²) in [5.74, 6) is -0.657. The third kappa shape index (κ3) is 7.93. The molecule has 3 saturated heterocycles. The van der Waals surface area contributed by atoms with Crippen LogP contribution in [0.2, 0.25) is 0 Å². The zero-order chi connectivity index (χ0) is 33.0. The molecule has 4 amide bonds. The van der Waals surface area contributed by atoms with Crippen molar-refractivity contribution in [3.63, 3.8) is 0 Å². The highest BCUT2D eigenvalue weighted by Gasteiger charge is 2.47.